The van der Waals surface area contributed by atoms with E-state index < -0.39 is 9.84 Å². The SMILES string of the molecule is O=S1(=O)CCC(C(CBr)Cc2cccc(Cl)c2Cl)C1. The fourth-order valence-electron chi connectivity index (χ4n) is 2.53. The van der Waals surface area contributed by atoms with Gasteiger partial charge in [-0.1, -0.05) is 51.3 Å². The topological polar surface area (TPSA) is 34.1 Å². The summed E-state index contributed by atoms with van der Waals surface area (Å²) in [5.41, 5.74) is 0.989. The number of benzene rings is 1. The molecule has 19 heavy (non-hydrogen) atoms. The number of alkyl halides is 1. The van der Waals surface area contributed by atoms with Gasteiger partial charge in [-0.15, -0.1) is 0 Å². The maximum absolute atomic E-state index is 11.6. The van der Waals surface area contributed by atoms with E-state index in [1.165, 1.54) is 0 Å². The van der Waals surface area contributed by atoms with Crippen LogP contribution in [0.5, 0.6) is 0 Å². The van der Waals surface area contributed by atoms with Gasteiger partial charge < -0.3 is 0 Å². The molecule has 1 aliphatic heterocycles. The monoisotopic (exact) mass is 384 g/mol. The van der Waals surface area contributed by atoms with Crippen LogP contribution in [0.25, 0.3) is 0 Å². The Kier molecular flexibility index (Phi) is 5.21. The van der Waals surface area contributed by atoms with Crippen molar-refractivity contribution in [3.05, 3.63) is 33.8 Å². The normalized spacial score (nSPS) is 23.4. The third-order valence-electron chi connectivity index (χ3n) is 3.65. The van der Waals surface area contributed by atoms with Crippen molar-refractivity contribution < 1.29 is 8.42 Å². The zero-order valence-corrected chi connectivity index (χ0v) is 14.2. The van der Waals surface area contributed by atoms with E-state index in [1.54, 1.807) is 6.07 Å². The van der Waals surface area contributed by atoms with Crippen molar-refractivity contribution in [2.24, 2.45) is 11.8 Å². The molecule has 6 heteroatoms. The van der Waals surface area contributed by atoms with Crippen LogP contribution in [-0.2, 0) is 16.3 Å². The summed E-state index contributed by atoms with van der Waals surface area (Å²) < 4.78 is 23.1. The van der Waals surface area contributed by atoms with Gasteiger partial charge in [-0.05, 0) is 36.3 Å². The number of halogens is 3. The van der Waals surface area contributed by atoms with Crippen LogP contribution < -0.4 is 0 Å². The summed E-state index contributed by atoms with van der Waals surface area (Å²) in [5, 5.41) is 1.90. The molecule has 1 heterocycles. The first kappa shape index (κ1) is 15.6. The molecule has 0 bridgehead atoms. The molecule has 1 aromatic rings. The minimum absolute atomic E-state index is 0.208. The van der Waals surface area contributed by atoms with Crippen LogP contribution in [0.4, 0.5) is 0 Å². The van der Waals surface area contributed by atoms with E-state index in [2.05, 4.69) is 15.9 Å². The fourth-order valence-corrected chi connectivity index (χ4v) is 5.61. The fraction of sp³-hybridized carbons (Fsp3) is 0.538. The first-order valence-corrected chi connectivity index (χ1v) is 9.82. The second-order valence-electron chi connectivity index (χ2n) is 4.99. The predicted octanol–water partition coefficient (Wildman–Crippen LogP) is 3.98. The first-order chi connectivity index (χ1) is 8.93. The number of hydrogen-bond donors (Lipinski definition) is 0. The molecular formula is C13H15BrCl2O2S. The largest absolute Gasteiger partial charge is 0.229 e. The molecule has 2 nitrogen and oxygen atoms in total. The summed E-state index contributed by atoms with van der Waals surface area (Å²) in [6.45, 7) is 0. The van der Waals surface area contributed by atoms with Gasteiger partial charge in [0.25, 0.3) is 0 Å². The predicted molar refractivity (Wildman–Crippen MR) is 84.2 cm³/mol. The van der Waals surface area contributed by atoms with E-state index in [0.717, 1.165) is 23.7 Å². The molecule has 2 atom stereocenters. The van der Waals surface area contributed by atoms with Crippen LogP contribution >= 0.6 is 39.1 Å². The molecule has 0 radical (unpaired) electrons. The average Bonchev–Trinajstić information content (AvgIpc) is 2.71. The zero-order chi connectivity index (χ0) is 14.0. The standard InChI is InChI=1S/C13H15BrCl2O2S/c14-7-11(10-4-5-19(17,18)8-10)6-9-2-1-3-12(15)13(9)16/h1-3,10-11H,4-8H2. The van der Waals surface area contributed by atoms with Crippen molar-refractivity contribution in [3.63, 3.8) is 0 Å². The lowest BCUT2D eigenvalue weighted by Gasteiger charge is -2.21. The molecule has 1 aromatic carbocycles. The smallest absolute Gasteiger partial charge is 0.150 e. The lowest BCUT2D eigenvalue weighted by atomic mass is 9.88. The van der Waals surface area contributed by atoms with Gasteiger partial charge in [-0.2, -0.15) is 0 Å². The van der Waals surface area contributed by atoms with Crippen molar-refractivity contribution >= 4 is 49.0 Å². The Bertz CT molecular complexity index is 560. The highest BCUT2D eigenvalue weighted by Gasteiger charge is 2.33. The van der Waals surface area contributed by atoms with E-state index in [1.807, 2.05) is 12.1 Å². The maximum Gasteiger partial charge on any atom is 0.150 e. The van der Waals surface area contributed by atoms with Gasteiger partial charge >= 0.3 is 0 Å². The average molecular weight is 386 g/mol. The highest BCUT2D eigenvalue weighted by atomic mass is 79.9. The van der Waals surface area contributed by atoms with Gasteiger partial charge in [-0.25, -0.2) is 8.42 Å². The molecule has 106 valence electrons. The first-order valence-electron chi connectivity index (χ1n) is 6.12. The molecule has 2 rings (SSSR count). The molecule has 0 amide bonds. The quantitative estimate of drug-likeness (QED) is 0.734. The van der Waals surface area contributed by atoms with Crippen LogP contribution in [0.2, 0.25) is 10.0 Å². The maximum atomic E-state index is 11.6. The second-order valence-corrected chi connectivity index (χ2v) is 8.66. The van der Waals surface area contributed by atoms with Gasteiger partial charge in [0.15, 0.2) is 9.84 Å². The Balaban J connectivity index is 2.14. The van der Waals surface area contributed by atoms with Gasteiger partial charge in [0, 0.05) is 5.33 Å². The highest BCUT2D eigenvalue weighted by molar-refractivity contribution is 9.09. The summed E-state index contributed by atoms with van der Waals surface area (Å²) in [6.07, 6.45) is 1.50. The molecular weight excluding hydrogens is 371 g/mol. The highest BCUT2D eigenvalue weighted by Crippen LogP contribution is 2.33. The molecule has 1 saturated heterocycles. The third kappa shape index (κ3) is 3.87. The molecule has 0 saturated carbocycles. The van der Waals surface area contributed by atoms with Crippen molar-refractivity contribution in [2.75, 3.05) is 16.8 Å². The molecule has 1 aliphatic rings. The third-order valence-corrected chi connectivity index (χ3v) is 7.13. The zero-order valence-electron chi connectivity index (χ0n) is 10.3. The van der Waals surface area contributed by atoms with E-state index in [0.29, 0.717) is 21.6 Å². The Morgan fingerprint density at radius 1 is 1.37 bits per heavy atom. The lowest BCUT2D eigenvalue weighted by molar-refractivity contribution is 0.402. The second kappa shape index (κ2) is 6.33. The molecule has 0 aromatic heterocycles. The number of sulfone groups is 1. The van der Waals surface area contributed by atoms with Gasteiger partial charge in [0.1, 0.15) is 0 Å². The molecule has 1 fully saturated rings. The van der Waals surface area contributed by atoms with Gasteiger partial charge in [0.2, 0.25) is 0 Å². The summed E-state index contributed by atoms with van der Waals surface area (Å²) in [6, 6.07) is 5.59. The Hall–Kier alpha value is 0.230. The van der Waals surface area contributed by atoms with E-state index >= 15 is 0 Å². The number of hydrogen-bond acceptors (Lipinski definition) is 2. The minimum atomic E-state index is -2.84. The Morgan fingerprint density at radius 3 is 2.68 bits per heavy atom. The minimum Gasteiger partial charge on any atom is -0.229 e. The van der Waals surface area contributed by atoms with Gasteiger partial charge in [-0.3, -0.25) is 0 Å². The molecule has 0 aliphatic carbocycles. The number of rotatable bonds is 4. The van der Waals surface area contributed by atoms with Crippen LogP contribution in [0, 0.1) is 11.8 Å². The summed E-state index contributed by atoms with van der Waals surface area (Å²) in [5.74, 6) is 1.08. The van der Waals surface area contributed by atoms with Crippen LogP contribution in [0.15, 0.2) is 18.2 Å². The Morgan fingerprint density at radius 2 is 2.11 bits per heavy atom. The van der Waals surface area contributed by atoms with Crippen molar-refractivity contribution in [2.45, 2.75) is 12.8 Å². The summed E-state index contributed by atoms with van der Waals surface area (Å²) in [7, 11) is -2.84. The summed E-state index contributed by atoms with van der Waals surface area (Å²) in [4.78, 5) is 0. The lowest BCUT2D eigenvalue weighted by Crippen LogP contribution is -2.20. The molecule has 0 spiro atoms. The van der Waals surface area contributed by atoms with E-state index in [9.17, 15) is 8.42 Å². The van der Waals surface area contributed by atoms with Crippen LogP contribution in [0.3, 0.4) is 0 Å². The van der Waals surface area contributed by atoms with Crippen molar-refractivity contribution in [1.29, 1.82) is 0 Å². The van der Waals surface area contributed by atoms with Gasteiger partial charge in [0.05, 0.1) is 21.6 Å². The van der Waals surface area contributed by atoms with E-state index in [4.69, 9.17) is 23.2 Å². The van der Waals surface area contributed by atoms with Crippen molar-refractivity contribution in [1.82, 2.24) is 0 Å². The van der Waals surface area contributed by atoms with E-state index in [-0.39, 0.29) is 11.8 Å². The molecule has 0 N–H and O–H groups in total. The van der Waals surface area contributed by atoms with Crippen molar-refractivity contribution in [3.8, 4) is 0 Å². The summed E-state index contributed by atoms with van der Waals surface area (Å²) >= 11 is 15.7. The molecule has 2 unspecified atom stereocenters. The Labute approximate surface area is 132 Å². The van der Waals surface area contributed by atoms with Crippen LogP contribution in [0.1, 0.15) is 12.0 Å². The van der Waals surface area contributed by atoms with Crippen LogP contribution in [-0.4, -0.2) is 25.3 Å².